The molecule has 0 saturated carbocycles. The molecule has 0 spiro atoms. The van der Waals surface area contributed by atoms with Crippen LogP contribution >= 0.6 is 11.3 Å². The summed E-state index contributed by atoms with van der Waals surface area (Å²) in [6, 6.07) is 1.91. The Morgan fingerprint density at radius 3 is 2.58 bits per heavy atom. The monoisotopic (exact) mass is 282 g/mol. The molecule has 0 aliphatic carbocycles. The van der Waals surface area contributed by atoms with Gasteiger partial charge < -0.3 is 15.2 Å². The molecule has 1 rings (SSSR count). The highest BCUT2D eigenvalue weighted by atomic mass is 32.1. The number of hydrogen-bond acceptors (Lipinski definition) is 7. The van der Waals surface area contributed by atoms with Crippen molar-refractivity contribution in [3.05, 3.63) is 16.0 Å². The maximum Gasteiger partial charge on any atom is 0.348 e. The number of thiophene rings is 1. The molecule has 0 fully saturated rings. The van der Waals surface area contributed by atoms with Gasteiger partial charge in [-0.3, -0.25) is 4.79 Å². The number of nitrogen functional groups attached to an aromatic ring is 1. The van der Waals surface area contributed by atoms with Crippen LogP contribution in [0.4, 0.5) is 5.00 Å². The van der Waals surface area contributed by atoms with Crippen LogP contribution in [0.2, 0.25) is 0 Å². The number of nitriles is 1. The van der Waals surface area contributed by atoms with Gasteiger partial charge in [-0.25, -0.2) is 4.79 Å². The van der Waals surface area contributed by atoms with Crippen molar-refractivity contribution in [2.45, 2.75) is 26.9 Å². The van der Waals surface area contributed by atoms with Crippen molar-refractivity contribution in [1.29, 1.82) is 5.26 Å². The van der Waals surface area contributed by atoms with Gasteiger partial charge in [0.25, 0.3) is 0 Å². The number of ether oxygens (including phenoxy) is 2. The van der Waals surface area contributed by atoms with Gasteiger partial charge in [0.05, 0.1) is 12.2 Å². The first kappa shape index (κ1) is 15.0. The van der Waals surface area contributed by atoms with Crippen molar-refractivity contribution in [3.8, 4) is 6.07 Å². The van der Waals surface area contributed by atoms with Gasteiger partial charge in [0.1, 0.15) is 22.6 Å². The average molecular weight is 282 g/mol. The Hall–Kier alpha value is -2.07. The van der Waals surface area contributed by atoms with Crippen molar-refractivity contribution in [2.24, 2.45) is 0 Å². The summed E-state index contributed by atoms with van der Waals surface area (Å²) in [4.78, 5) is 23.1. The Labute approximate surface area is 114 Å². The van der Waals surface area contributed by atoms with Crippen LogP contribution in [-0.4, -0.2) is 18.5 Å². The molecule has 1 heterocycles. The maximum absolute atomic E-state index is 11.7. The number of rotatable bonds is 5. The number of nitrogens with two attached hydrogens (primary N) is 1. The highest BCUT2D eigenvalue weighted by Gasteiger charge is 2.23. The van der Waals surface area contributed by atoms with E-state index in [0.29, 0.717) is 5.56 Å². The molecule has 1 aromatic heterocycles. The highest BCUT2D eigenvalue weighted by molar-refractivity contribution is 7.18. The molecule has 0 aromatic carbocycles. The minimum absolute atomic E-state index is 0.155. The van der Waals surface area contributed by atoms with Crippen LogP contribution < -0.4 is 5.73 Å². The van der Waals surface area contributed by atoms with E-state index < -0.39 is 11.9 Å². The molecule has 0 radical (unpaired) electrons. The second kappa shape index (κ2) is 6.75. The van der Waals surface area contributed by atoms with Crippen LogP contribution in [0.5, 0.6) is 0 Å². The molecule has 0 atom stereocenters. The van der Waals surface area contributed by atoms with E-state index in [1.54, 1.807) is 13.8 Å². The van der Waals surface area contributed by atoms with E-state index >= 15 is 0 Å². The van der Waals surface area contributed by atoms with Gasteiger partial charge in [-0.1, -0.05) is 6.92 Å². The lowest BCUT2D eigenvalue weighted by atomic mass is 10.1. The average Bonchev–Trinajstić information content (AvgIpc) is 2.72. The lowest BCUT2D eigenvalue weighted by molar-refractivity contribution is -0.144. The number of esters is 2. The van der Waals surface area contributed by atoms with Gasteiger partial charge in [-0.15, -0.1) is 11.3 Å². The molecular formula is C12H14N2O4S. The van der Waals surface area contributed by atoms with E-state index in [0.717, 1.165) is 11.3 Å². The van der Waals surface area contributed by atoms with Crippen LogP contribution in [0, 0.1) is 11.3 Å². The Morgan fingerprint density at radius 1 is 1.37 bits per heavy atom. The molecule has 0 amide bonds. The summed E-state index contributed by atoms with van der Waals surface area (Å²) in [6.07, 6.45) is 0.218. The van der Waals surface area contributed by atoms with E-state index in [1.165, 1.54) is 0 Å². The molecule has 19 heavy (non-hydrogen) atoms. The fourth-order valence-corrected chi connectivity index (χ4v) is 2.28. The fraction of sp³-hybridized carbons (Fsp3) is 0.417. The topological polar surface area (TPSA) is 102 Å². The first-order valence-corrected chi connectivity index (χ1v) is 6.50. The second-order valence-corrected chi connectivity index (χ2v) is 4.55. The predicted molar refractivity (Wildman–Crippen MR) is 69.5 cm³/mol. The number of nitrogens with zero attached hydrogens (tertiary/aromatic N) is 1. The largest absolute Gasteiger partial charge is 0.462 e. The lowest BCUT2D eigenvalue weighted by Gasteiger charge is -2.05. The van der Waals surface area contributed by atoms with Crippen molar-refractivity contribution >= 4 is 28.3 Å². The summed E-state index contributed by atoms with van der Waals surface area (Å²) < 4.78 is 9.84. The van der Waals surface area contributed by atoms with Crippen LogP contribution in [0.25, 0.3) is 0 Å². The highest BCUT2D eigenvalue weighted by Crippen LogP contribution is 2.31. The van der Waals surface area contributed by atoms with Crippen LogP contribution in [0.3, 0.4) is 0 Å². The Kier molecular flexibility index (Phi) is 5.33. The smallest absolute Gasteiger partial charge is 0.348 e. The molecular weight excluding hydrogens is 268 g/mol. The zero-order chi connectivity index (χ0) is 14.4. The van der Waals surface area contributed by atoms with Crippen LogP contribution in [0.15, 0.2) is 0 Å². The molecule has 0 aliphatic heterocycles. The van der Waals surface area contributed by atoms with Gasteiger partial charge in [-0.05, 0) is 6.92 Å². The standard InChI is InChI=1S/C12H14N2O4S/c1-3-9(15)18-6-8-7(5-13)11(14)19-10(8)12(16)17-4-2/h3-4,6,14H2,1-2H3. The molecule has 102 valence electrons. The first-order chi connectivity index (χ1) is 9.04. The molecule has 0 saturated heterocycles. The second-order valence-electron chi connectivity index (χ2n) is 3.50. The fourth-order valence-electron chi connectivity index (χ4n) is 1.36. The van der Waals surface area contributed by atoms with Gasteiger partial charge in [-0.2, -0.15) is 5.26 Å². The minimum Gasteiger partial charge on any atom is -0.462 e. The molecule has 6 nitrogen and oxygen atoms in total. The molecule has 1 aromatic rings. The summed E-state index contributed by atoms with van der Waals surface area (Å²) in [6.45, 7) is 3.39. The summed E-state index contributed by atoms with van der Waals surface area (Å²) in [5, 5.41) is 9.25. The SMILES string of the molecule is CCOC(=O)c1sc(N)c(C#N)c1COC(=O)CC. The minimum atomic E-state index is -0.566. The normalized spacial score (nSPS) is 9.74. The third-order valence-electron chi connectivity index (χ3n) is 2.27. The van der Waals surface area contributed by atoms with Crippen LogP contribution in [-0.2, 0) is 20.9 Å². The van der Waals surface area contributed by atoms with E-state index in [2.05, 4.69) is 0 Å². The number of carbonyl (C=O) groups excluding carboxylic acids is 2. The van der Waals surface area contributed by atoms with Crippen LogP contribution in [0.1, 0.15) is 41.1 Å². The summed E-state index contributed by atoms with van der Waals surface area (Å²) in [5.74, 6) is -0.980. The van der Waals surface area contributed by atoms with Crippen molar-refractivity contribution in [1.82, 2.24) is 0 Å². The Morgan fingerprint density at radius 2 is 2.05 bits per heavy atom. The zero-order valence-corrected chi connectivity index (χ0v) is 11.5. The van der Waals surface area contributed by atoms with E-state index in [-0.39, 0.29) is 35.1 Å². The predicted octanol–water partition coefficient (Wildman–Crippen LogP) is 1.83. The van der Waals surface area contributed by atoms with E-state index in [9.17, 15) is 9.59 Å². The maximum atomic E-state index is 11.7. The van der Waals surface area contributed by atoms with Crippen molar-refractivity contribution in [3.63, 3.8) is 0 Å². The Balaban J connectivity index is 3.07. The Bertz CT molecular complexity index is 531. The third-order valence-corrected chi connectivity index (χ3v) is 3.31. The van der Waals surface area contributed by atoms with Gasteiger partial charge in [0, 0.05) is 12.0 Å². The molecule has 7 heteroatoms. The molecule has 0 aliphatic rings. The quantitative estimate of drug-likeness (QED) is 0.826. The summed E-state index contributed by atoms with van der Waals surface area (Å²) in [7, 11) is 0. The van der Waals surface area contributed by atoms with Gasteiger partial charge >= 0.3 is 11.9 Å². The zero-order valence-electron chi connectivity index (χ0n) is 10.7. The van der Waals surface area contributed by atoms with E-state index in [1.807, 2.05) is 6.07 Å². The summed E-state index contributed by atoms with van der Waals surface area (Å²) in [5.41, 5.74) is 6.15. The van der Waals surface area contributed by atoms with Crippen molar-refractivity contribution in [2.75, 3.05) is 12.3 Å². The molecule has 2 N–H and O–H groups in total. The lowest BCUT2D eigenvalue weighted by Crippen LogP contribution is -2.09. The van der Waals surface area contributed by atoms with Gasteiger partial charge in [0.15, 0.2) is 0 Å². The number of carbonyl (C=O) groups is 2. The number of hydrogen-bond donors (Lipinski definition) is 1. The van der Waals surface area contributed by atoms with E-state index in [4.69, 9.17) is 20.5 Å². The first-order valence-electron chi connectivity index (χ1n) is 5.69. The van der Waals surface area contributed by atoms with Gasteiger partial charge in [0.2, 0.25) is 0 Å². The number of anilines is 1. The van der Waals surface area contributed by atoms with Crippen molar-refractivity contribution < 1.29 is 19.1 Å². The molecule has 0 bridgehead atoms. The third kappa shape index (κ3) is 3.45. The summed E-state index contributed by atoms with van der Waals surface area (Å²) >= 11 is 0.962. The molecule has 0 unspecified atom stereocenters.